The van der Waals surface area contributed by atoms with Crippen LogP contribution in [-0.4, -0.2) is 28.7 Å². The summed E-state index contributed by atoms with van der Waals surface area (Å²) in [4.78, 5) is 17.7. The zero-order valence-corrected chi connectivity index (χ0v) is 18.6. The second-order valence-electron chi connectivity index (χ2n) is 8.55. The molecule has 0 bridgehead atoms. The predicted molar refractivity (Wildman–Crippen MR) is 126 cm³/mol. The maximum Gasteiger partial charge on any atom is 0.265 e. The lowest BCUT2D eigenvalue weighted by Crippen LogP contribution is -2.30. The minimum atomic E-state index is -0.0393. The number of hydrogen-bond acceptors (Lipinski definition) is 4. The van der Waals surface area contributed by atoms with Crippen LogP contribution in [-0.2, 0) is 0 Å². The number of para-hydroxylation sites is 1. The summed E-state index contributed by atoms with van der Waals surface area (Å²) in [5, 5.41) is 4.14. The van der Waals surface area contributed by atoms with Crippen molar-refractivity contribution in [2.45, 2.75) is 58.5 Å². The van der Waals surface area contributed by atoms with Crippen LogP contribution in [0.25, 0.3) is 16.6 Å². The summed E-state index contributed by atoms with van der Waals surface area (Å²) in [6, 6.07) is 15.4. The van der Waals surface area contributed by atoms with Crippen molar-refractivity contribution in [3.8, 4) is 11.4 Å². The third kappa shape index (κ3) is 4.99. The normalized spacial score (nSPS) is 15.4. The van der Waals surface area contributed by atoms with Crippen molar-refractivity contribution in [2.75, 3.05) is 13.1 Å². The lowest BCUT2D eigenvalue weighted by atomic mass is 9.98. The van der Waals surface area contributed by atoms with Gasteiger partial charge in [0.15, 0.2) is 0 Å². The van der Waals surface area contributed by atoms with E-state index in [1.54, 1.807) is 4.57 Å². The van der Waals surface area contributed by atoms with Crippen LogP contribution in [0.4, 0.5) is 0 Å². The van der Waals surface area contributed by atoms with E-state index in [9.17, 15) is 4.79 Å². The molecule has 0 spiro atoms. The van der Waals surface area contributed by atoms with E-state index in [0.717, 1.165) is 42.9 Å². The molecule has 5 nitrogen and oxygen atoms in total. The largest absolute Gasteiger partial charge is 0.490 e. The Kier molecular flexibility index (Phi) is 7.03. The first-order chi connectivity index (χ1) is 15.2. The van der Waals surface area contributed by atoms with E-state index in [4.69, 9.17) is 4.74 Å². The van der Waals surface area contributed by atoms with E-state index < -0.39 is 0 Å². The van der Waals surface area contributed by atoms with Gasteiger partial charge in [-0.2, -0.15) is 0 Å². The van der Waals surface area contributed by atoms with Gasteiger partial charge in [-0.25, -0.2) is 4.98 Å². The number of ether oxygens (including phenoxy) is 1. The third-order valence-electron chi connectivity index (χ3n) is 6.28. The van der Waals surface area contributed by atoms with Crippen LogP contribution in [0.2, 0.25) is 0 Å². The molecule has 0 amide bonds. The summed E-state index contributed by atoms with van der Waals surface area (Å²) in [5.41, 5.74) is 1.51. The molecule has 1 aliphatic carbocycles. The molecule has 5 heteroatoms. The van der Waals surface area contributed by atoms with E-state index >= 15 is 0 Å². The van der Waals surface area contributed by atoms with Gasteiger partial charge in [-0.1, -0.05) is 31.9 Å². The van der Waals surface area contributed by atoms with Crippen molar-refractivity contribution in [3.63, 3.8) is 0 Å². The van der Waals surface area contributed by atoms with E-state index in [1.165, 1.54) is 25.7 Å². The van der Waals surface area contributed by atoms with E-state index in [0.29, 0.717) is 17.1 Å². The lowest BCUT2D eigenvalue weighted by Gasteiger charge is -2.25. The molecule has 2 aromatic carbocycles. The van der Waals surface area contributed by atoms with Gasteiger partial charge >= 0.3 is 0 Å². The zero-order chi connectivity index (χ0) is 21.6. The summed E-state index contributed by atoms with van der Waals surface area (Å²) in [5.74, 6) is 2.19. The molecular formula is C26H33N3O2. The molecule has 1 atom stereocenters. The molecule has 0 saturated heterocycles. The molecule has 1 saturated carbocycles. The number of nitrogens with one attached hydrogen (secondary N) is 1. The van der Waals surface area contributed by atoms with Gasteiger partial charge in [-0.05, 0) is 88.0 Å². The summed E-state index contributed by atoms with van der Waals surface area (Å²) < 4.78 is 8.13. The number of aromatic nitrogens is 2. The number of fused-ring (bicyclic) bond motifs is 1. The Hall–Kier alpha value is -2.66. The molecule has 1 heterocycles. The first-order valence-electron chi connectivity index (χ1n) is 11.6. The molecule has 4 rings (SSSR count). The van der Waals surface area contributed by atoms with Crippen molar-refractivity contribution < 1.29 is 4.74 Å². The Labute approximate surface area is 184 Å². The van der Waals surface area contributed by atoms with Gasteiger partial charge in [-0.15, -0.1) is 0 Å². The second kappa shape index (κ2) is 10.1. The Morgan fingerprint density at radius 3 is 2.58 bits per heavy atom. The summed E-state index contributed by atoms with van der Waals surface area (Å²) in [6.45, 7) is 6.11. The van der Waals surface area contributed by atoms with E-state index in [-0.39, 0.29) is 11.7 Å². The highest BCUT2D eigenvalue weighted by Gasteiger charge is 2.26. The van der Waals surface area contributed by atoms with Crippen molar-refractivity contribution in [1.82, 2.24) is 14.9 Å². The minimum absolute atomic E-state index is 0.0393. The maximum absolute atomic E-state index is 13.0. The number of aryl methyl sites for hydroxylation is 1. The smallest absolute Gasteiger partial charge is 0.265 e. The topological polar surface area (TPSA) is 56.1 Å². The van der Waals surface area contributed by atoms with Gasteiger partial charge in [0.2, 0.25) is 0 Å². The number of nitrogens with zero attached hydrogens (tertiary/aromatic N) is 2. The van der Waals surface area contributed by atoms with Crippen LogP contribution < -0.4 is 15.6 Å². The third-order valence-corrected chi connectivity index (χ3v) is 6.28. The van der Waals surface area contributed by atoms with Crippen molar-refractivity contribution in [1.29, 1.82) is 0 Å². The van der Waals surface area contributed by atoms with Crippen molar-refractivity contribution in [3.05, 3.63) is 64.7 Å². The van der Waals surface area contributed by atoms with Gasteiger partial charge in [0.05, 0.1) is 16.6 Å². The van der Waals surface area contributed by atoms with Gasteiger partial charge in [0, 0.05) is 0 Å². The molecule has 1 aromatic heterocycles. The highest BCUT2D eigenvalue weighted by Crippen LogP contribution is 2.32. The molecule has 0 radical (unpaired) electrons. The van der Waals surface area contributed by atoms with Crippen LogP contribution in [0, 0.1) is 12.8 Å². The highest BCUT2D eigenvalue weighted by atomic mass is 16.5. The second-order valence-corrected chi connectivity index (χ2v) is 8.55. The average molecular weight is 420 g/mol. The summed E-state index contributed by atoms with van der Waals surface area (Å²) in [7, 11) is 0. The number of rotatable bonds is 9. The van der Waals surface area contributed by atoms with Crippen molar-refractivity contribution in [2.24, 2.45) is 5.92 Å². The number of benzene rings is 2. The fourth-order valence-electron chi connectivity index (χ4n) is 4.66. The average Bonchev–Trinajstić information content (AvgIpc) is 3.32. The fraction of sp³-hybridized carbons (Fsp3) is 0.462. The minimum Gasteiger partial charge on any atom is -0.490 e. The van der Waals surface area contributed by atoms with Crippen LogP contribution >= 0.6 is 0 Å². The Morgan fingerprint density at radius 1 is 1.10 bits per heavy atom. The molecule has 1 N–H and O–H groups in total. The monoisotopic (exact) mass is 419 g/mol. The molecular weight excluding hydrogens is 386 g/mol. The first-order valence-corrected chi connectivity index (χ1v) is 11.6. The van der Waals surface area contributed by atoms with Crippen LogP contribution in [0.3, 0.4) is 0 Å². The Balaban J connectivity index is 1.53. The summed E-state index contributed by atoms with van der Waals surface area (Å²) >= 11 is 0. The standard InChI is InChI=1S/C26H33N3O2/c1-3-17-27-18-16-25(20-8-4-5-9-20)31-22-14-12-21(13-15-22)29-19(2)28-24-11-7-6-10-23(24)26(29)30/h6-7,10-15,20,25,27H,3-5,8-9,16-18H2,1-2H3. The molecule has 164 valence electrons. The van der Waals surface area contributed by atoms with E-state index in [1.807, 2.05) is 55.5 Å². The summed E-state index contributed by atoms with van der Waals surface area (Å²) in [6.07, 6.45) is 7.55. The molecule has 31 heavy (non-hydrogen) atoms. The Bertz CT molecular complexity index is 1050. The zero-order valence-electron chi connectivity index (χ0n) is 18.6. The predicted octanol–water partition coefficient (Wildman–Crippen LogP) is 5.02. The van der Waals surface area contributed by atoms with Gasteiger partial charge in [0.25, 0.3) is 5.56 Å². The van der Waals surface area contributed by atoms with Crippen LogP contribution in [0.15, 0.2) is 53.3 Å². The van der Waals surface area contributed by atoms with Gasteiger partial charge in [0.1, 0.15) is 17.7 Å². The molecule has 1 fully saturated rings. The molecule has 0 aliphatic heterocycles. The fourth-order valence-corrected chi connectivity index (χ4v) is 4.66. The van der Waals surface area contributed by atoms with Crippen LogP contribution in [0.1, 0.15) is 51.3 Å². The molecule has 1 aliphatic rings. The maximum atomic E-state index is 13.0. The highest BCUT2D eigenvalue weighted by molar-refractivity contribution is 5.77. The van der Waals surface area contributed by atoms with Crippen LogP contribution in [0.5, 0.6) is 5.75 Å². The first kappa shape index (κ1) is 21.6. The lowest BCUT2D eigenvalue weighted by molar-refractivity contribution is 0.126. The van der Waals surface area contributed by atoms with Crippen molar-refractivity contribution >= 4 is 10.9 Å². The van der Waals surface area contributed by atoms with Gasteiger partial charge < -0.3 is 10.1 Å². The Morgan fingerprint density at radius 2 is 1.84 bits per heavy atom. The molecule has 3 aromatic rings. The molecule has 1 unspecified atom stereocenters. The number of hydrogen-bond donors (Lipinski definition) is 1. The van der Waals surface area contributed by atoms with E-state index in [2.05, 4.69) is 17.2 Å². The van der Waals surface area contributed by atoms with Gasteiger partial charge in [-0.3, -0.25) is 9.36 Å². The quantitative estimate of drug-likeness (QED) is 0.495. The SMILES string of the molecule is CCCNCCC(Oc1ccc(-n2c(C)nc3ccccc3c2=O)cc1)C1CCCC1.